The van der Waals surface area contributed by atoms with Crippen LogP contribution in [0.15, 0.2) is 22.7 Å². The molecule has 0 fully saturated rings. The zero-order valence-corrected chi connectivity index (χ0v) is 10.9. The van der Waals surface area contributed by atoms with E-state index in [1.165, 1.54) is 11.0 Å². The summed E-state index contributed by atoms with van der Waals surface area (Å²) in [5.74, 6) is -1.38. The Balaban J connectivity index is 2.93. The zero-order valence-electron chi connectivity index (χ0n) is 9.31. The number of carboxylic acid groups (broad SMARTS) is 1. The van der Waals surface area contributed by atoms with Crippen LogP contribution in [0.2, 0.25) is 0 Å². The van der Waals surface area contributed by atoms with Crippen LogP contribution in [0.4, 0.5) is 5.69 Å². The van der Waals surface area contributed by atoms with E-state index in [1.54, 1.807) is 19.1 Å². The number of benzene rings is 1. The number of hydrogen-bond acceptors (Lipinski definition) is 3. The molecular formula is C11H13BrN2O3. The first-order valence-corrected chi connectivity index (χ1v) is 5.81. The van der Waals surface area contributed by atoms with Crippen molar-refractivity contribution in [1.29, 1.82) is 0 Å². The summed E-state index contributed by atoms with van der Waals surface area (Å²) in [7, 11) is 0. The average Bonchev–Trinajstić information content (AvgIpc) is 2.28. The Bertz CT molecular complexity index is 448. The summed E-state index contributed by atoms with van der Waals surface area (Å²) in [5, 5.41) is 8.68. The molecule has 0 aliphatic heterocycles. The van der Waals surface area contributed by atoms with Crippen LogP contribution in [0.3, 0.4) is 0 Å². The van der Waals surface area contributed by atoms with Gasteiger partial charge in [0.2, 0.25) is 0 Å². The Morgan fingerprint density at radius 1 is 1.47 bits per heavy atom. The van der Waals surface area contributed by atoms with Crippen molar-refractivity contribution in [2.45, 2.75) is 6.92 Å². The van der Waals surface area contributed by atoms with E-state index in [2.05, 4.69) is 15.9 Å². The maximum atomic E-state index is 12.0. The molecule has 1 aromatic carbocycles. The molecular weight excluding hydrogens is 288 g/mol. The SMILES string of the molecule is CCN(CC(=O)O)C(=O)c1ccc(Br)c(N)c1. The van der Waals surface area contributed by atoms with Crippen molar-refractivity contribution in [2.24, 2.45) is 0 Å². The molecule has 0 heterocycles. The van der Waals surface area contributed by atoms with E-state index in [-0.39, 0.29) is 12.5 Å². The second kappa shape index (κ2) is 5.67. The molecule has 0 spiro atoms. The van der Waals surface area contributed by atoms with Gasteiger partial charge in [0.25, 0.3) is 5.91 Å². The van der Waals surface area contributed by atoms with Gasteiger partial charge in [-0.25, -0.2) is 0 Å². The van der Waals surface area contributed by atoms with Crippen LogP contribution in [0.25, 0.3) is 0 Å². The summed E-state index contributed by atoms with van der Waals surface area (Å²) in [6, 6.07) is 4.79. The van der Waals surface area contributed by atoms with Crippen LogP contribution in [0, 0.1) is 0 Å². The van der Waals surface area contributed by atoms with Crippen LogP contribution in [-0.2, 0) is 4.79 Å². The lowest BCUT2D eigenvalue weighted by Gasteiger charge is -2.18. The summed E-state index contributed by atoms with van der Waals surface area (Å²) in [5.41, 5.74) is 6.50. The van der Waals surface area contributed by atoms with Gasteiger partial charge in [0.15, 0.2) is 0 Å². The second-order valence-corrected chi connectivity index (χ2v) is 4.30. The van der Waals surface area contributed by atoms with Crippen LogP contribution in [-0.4, -0.2) is 35.0 Å². The fourth-order valence-corrected chi connectivity index (χ4v) is 1.60. The third kappa shape index (κ3) is 3.45. The lowest BCUT2D eigenvalue weighted by Crippen LogP contribution is -2.35. The van der Waals surface area contributed by atoms with Gasteiger partial charge in [-0.3, -0.25) is 9.59 Å². The van der Waals surface area contributed by atoms with Gasteiger partial charge in [-0.15, -0.1) is 0 Å². The number of rotatable bonds is 4. The van der Waals surface area contributed by atoms with Gasteiger partial charge in [-0.1, -0.05) is 0 Å². The molecule has 17 heavy (non-hydrogen) atoms. The number of carboxylic acids is 1. The fourth-order valence-electron chi connectivity index (χ4n) is 1.35. The highest BCUT2D eigenvalue weighted by Gasteiger charge is 2.17. The molecule has 0 saturated carbocycles. The average molecular weight is 301 g/mol. The molecule has 0 unspecified atom stereocenters. The van der Waals surface area contributed by atoms with Crippen molar-refractivity contribution >= 4 is 33.5 Å². The fraction of sp³-hybridized carbons (Fsp3) is 0.273. The Hall–Kier alpha value is -1.56. The van der Waals surface area contributed by atoms with Gasteiger partial charge in [-0.05, 0) is 41.1 Å². The quantitative estimate of drug-likeness (QED) is 0.827. The highest BCUT2D eigenvalue weighted by molar-refractivity contribution is 9.10. The Morgan fingerprint density at radius 2 is 2.12 bits per heavy atom. The summed E-state index contributed by atoms with van der Waals surface area (Å²) >= 11 is 3.23. The number of amides is 1. The zero-order chi connectivity index (χ0) is 13.0. The number of halogens is 1. The first-order chi connectivity index (χ1) is 7.95. The van der Waals surface area contributed by atoms with Gasteiger partial charge in [0.1, 0.15) is 6.54 Å². The summed E-state index contributed by atoms with van der Waals surface area (Å²) in [6.45, 7) is 1.75. The molecule has 0 aliphatic carbocycles. The van der Waals surface area contributed by atoms with E-state index in [9.17, 15) is 9.59 Å². The third-order valence-electron chi connectivity index (χ3n) is 2.24. The molecule has 92 valence electrons. The second-order valence-electron chi connectivity index (χ2n) is 3.45. The van der Waals surface area contributed by atoms with Crippen LogP contribution in [0.5, 0.6) is 0 Å². The molecule has 3 N–H and O–H groups in total. The highest BCUT2D eigenvalue weighted by atomic mass is 79.9. The molecule has 0 aromatic heterocycles. The van der Waals surface area contributed by atoms with Crippen molar-refractivity contribution in [1.82, 2.24) is 4.90 Å². The van der Waals surface area contributed by atoms with E-state index >= 15 is 0 Å². The van der Waals surface area contributed by atoms with Gasteiger partial charge >= 0.3 is 5.97 Å². The first-order valence-electron chi connectivity index (χ1n) is 5.01. The highest BCUT2D eigenvalue weighted by Crippen LogP contribution is 2.21. The van der Waals surface area contributed by atoms with E-state index in [0.717, 1.165) is 0 Å². The monoisotopic (exact) mass is 300 g/mol. The van der Waals surface area contributed by atoms with Crippen molar-refractivity contribution in [2.75, 3.05) is 18.8 Å². The Labute approximate surface area is 107 Å². The molecule has 0 atom stereocenters. The van der Waals surface area contributed by atoms with Gasteiger partial charge in [-0.2, -0.15) is 0 Å². The Morgan fingerprint density at radius 3 is 2.59 bits per heavy atom. The topological polar surface area (TPSA) is 83.6 Å². The summed E-state index contributed by atoms with van der Waals surface area (Å²) in [6.07, 6.45) is 0. The van der Waals surface area contributed by atoms with Crippen molar-refractivity contribution in [3.05, 3.63) is 28.2 Å². The number of nitrogens with two attached hydrogens (primary N) is 1. The van der Waals surface area contributed by atoms with Crippen LogP contribution >= 0.6 is 15.9 Å². The smallest absolute Gasteiger partial charge is 0.323 e. The standard InChI is InChI=1S/C11H13BrN2O3/c1-2-14(6-10(15)16)11(17)7-3-4-8(12)9(13)5-7/h3-5H,2,6,13H2,1H3,(H,15,16). The number of carbonyl (C=O) groups is 2. The molecule has 0 radical (unpaired) electrons. The first kappa shape index (κ1) is 13.5. The molecule has 1 amide bonds. The number of likely N-dealkylation sites (N-methyl/N-ethyl adjacent to an activating group) is 1. The van der Waals surface area contributed by atoms with Gasteiger partial charge in [0.05, 0.1) is 0 Å². The van der Waals surface area contributed by atoms with Gasteiger partial charge < -0.3 is 15.7 Å². The lowest BCUT2D eigenvalue weighted by molar-refractivity contribution is -0.137. The van der Waals surface area contributed by atoms with E-state index < -0.39 is 5.97 Å². The normalized spacial score (nSPS) is 10.0. The molecule has 1 aromatic rings. The Kier molecular flexibility index (Phi) is 4.51. The predicted molar refractivity (Wildman–Crippen MR) is 67.8 cm³/mol. The summed E-state index contributed by atoms with van der Waals surface area (Å²) in [4.78, 5) is 23.8. The largest absolute Gasteiger partial charge is 0.480 e. The van der Waals surface area contributed by atoms with E-state index in [0.29, 0.717) is 22.3 Å². The molecule has 0 saturated heterocycles. The molecule has 0 bridgehead atoms. The number of hydrogen-bond donors (Lipinski definition) is 2. The molecule has 1 rings (SSSR count). The minimum absolute atomic E-state index is 0.314. The van der Waals surface area contributed by atoms with Crippen molar-refractivity contribution in [3.63, 3.8) is 0 Å². The van der Waals surface area contributed by atoms with Crippen LogP contribution < -0.4 is 5.73 Å². The maximum absolute atomic E-state index is 12.0. The maximum Gasteiger partial charge on any atom is 0.323 e. The number of carbonyl (C=O) groups excluding carboxylic acids is 1. The molecule has 5 nitrogen and oxygen atoms in total. The van der Waals surface area contributed by atoms with Crippen molar-refractivity contribution in [3.8, 4) is 0 Å². The molecule has 0 aliphatic rings. The summed E-state index contributed by atoms with van der Waals surface area (Å²) < 4.78 is 0.704. The minimum Gasteiger partial charge on any atom is -0.480 e. The van der Waals surface area contributed by atoms with Crippen molar-refractivity contribution < 1.29 is 14.7 Å². The number of nitrogens with zero attached hydrogens (tertiary/aromatic N) is 1. The number of anilines is 1. The minimum atomic E-state index is -1.04. The van der Waals surface area contributed by atoms with Gasteiger partial charge in [0, 0.05) is 22.3 Å². The lowest BCUT2D eigenvalue weighted by atomic mass is 10.2. The van der Waals surface area contributed by atoms with Crippen LogP contribution in [0.1, 0.15) is 17.3 Å². The molecule has 6 heteroatoms. The predicted octanol–water partition coefficient (Wildman–Crippen LogP) is 1.58. The van der Waals surface area contributed by atoms with E-state index in [4.69, 9.17) is 10.8 Å². The number of aliphatic carboxylic acids is 1. The van der Waals surface area contributed by atoms with E-state index in [1.807, 2.05) is 0 Å². The third-order valence-corrected chi connectivity index (χ3v) is 2.96. The number of nitrogen functional groups attached to an aromatic ring is 1.